The van der Waals surface area contributed by atoms with E-state index in [4.69, 9.17) is 23.1 Å². The molecule has 1 saturated carbocycles. The van der Waals surface area contributed by atoms with E-state index >= 15 is 0 Å². The minimum absolute atomic E-state index is 0.0759. The minimum Gasteiger partial charge on any atom is -0.369 e. The van der Waals surface area contributed by atoms with Crippen molar-refractivity contribution in [3.63, 3.8) is 0 Å². The number of guanidine groups is 2. The SMILES string of the molecule is NC1=NC2(CCCCC2)N(c2ccc(Cl)c(F)c2)C(N)=N1. The van der Waals surface area contributed by atoms with Gasteiger partial charge in [0.1, 0.15) is 11.5 Å². The first-order chi connectivity index (χ1) is 10.0. The zero-order chi connectivity index (χ0) is 15.0. The van der Waals surface area contributed by atoms with Crippen LogP contribution in [0.25, 0.3) is 0 Å². The van der Waals surface area contributed by atoms with Crippen molar-refractivity contribution in [2.45, 2.75) is 37.8 Å². The van der Waals surface area contributed by atoms with Crippen molar-refractivity contribution < 1.29 is 4.39 Å². The summed E-state index contributed by atoms with van der Waals surface area (Å²) in [4.78, 5) is 10.3. The molecule has 0 saturated heterocycles. The van der Waals surface area contributed by atoms with Crippen LogP contribution in [-0.2, 0) is 0 Å². The molecule has 112 valence electrons. The van der Waals surface area contributed by atoms with Crippen molar-refractivity contribution in [2.24, 2.45) is 21.5 Å². The van der Waals surface area contributed by atoms with E-state index < -0.39 is 11.5 Å². The first-order valence-electron chi connectivity index (χ1n) is 6.97. The molecule has 2 aliphatic rings. The lowest BCUT2D eigenvalue weighted by atomic mass is 9.87. The molecule has 4 N–H and O–H groups in total. The summed E-state index contributed by atoms with van der Waals surface area (Å²) in [5.74, 6) is -0.0679. The topological polar surface area (TPSA) is 80.0 Å². The summed E-state index contributed by atoms with van der Waals surface area (Å²) in [5, 5.41) is 0.0759. The van der Waals surface area contributed by atoms with Crippen LogP contribution in [0.3, 0.4) is 0 Å². The predicted octanol–water partition coefficient (Wildman–Crippen LogP) is 2.59. The summed E-state index contributed by atoms with van der Waals surface area (Å²) < 4.78 is 13.8. The summed E-state index contributed by atoms with van der Waals surface area (Å²) in [6, 6.07) is 4.59. The summed E-state index contributed by atoms with van der Waals surface area (Å²) in [6.45, 7) is 0. The Morgan fingerprint density at radius 3 is 2.57 bits per heavy atom. The van der Waals surface area contributed by atoms with Gasteiger partial charge >= 0.3 is 0 Å². The Morgan fingerprint density at radius 1 is 1.19 bits per heavy atom. The zero-order valence-electron chi connectivity index (χ0n) is 11.5. The highest BCUT2D eigenvalue weighted by Gasteiger charge is 2.42. The Bertz CT molecular complexity index is 622. The first kappa shape index (κ1) is 14.1. The molecule has 0 atom stereocenters. The lowest BCUT2D eigenvalue weighted by molar-refractivity contribution is 0.305. The van der Waals surface area contributed by atoms with Gasteiger partial charge in [0, 0.05) is 5.69 Å². The Morgan fingerprint density at radius 2 is 1.90 bits per heavy atom. The number of hydrogen-bond acceptors (Lipinski definition) is 5. The van der Waals surface area contributed by atoms with Crippen LogP contribution in [0, 0.1) is 5.82 Å². The summed E-state index contributed by atoms with van der Waals surface area (Å²) in [5.41, 5.74) is 11.9. The fourth-order valence-corrected chi connectivity index (χ4v) is 3.24. The number of aliphatic imine (C=N–C) groups is 2. The Hall–Kier alpha value is -1.82. The fourth-order valence-electron chi connectivity index (χ4n) is 3.12. The molecule has 0 amide bonds. The average Bonchev–Trinajstić information content (AvgIpc) is 2.42. The molecule has 1 spiro atoms. The van der Waals surface area contributed by atoms with E-state index in [0.717, 1.165) is 32.1 Å². The number of rotatable bonds is 1. The normalized spacial score (nSPS) is 21.1. The lowest BCUT2D eigenvalue weighted by Gasteiger charge is -2.45. The largest absolute Gasteiger partial charge is 0.369 e. The molecule has 0 aromatic heterocycles. The molecule has 1 aromatic rings. The van der Waals surface area contributed by atoms with E-state index in [0.29, 0.717) is 5.69 Å². The van der Waals surface area contributed by atoms with Gasteiger partial charge in [-0.15, -0.1) is 0 Å². The highest BCUT2D eigenvalue weighted by atomic mass is 35.5. The van der Waals surface area contributed by atoms with Crippen LogP contribution in [0.2, 0.25) is 5.02 Å². The summed E-state index contributed by atoms with van der Waals surface area (Å²) >= 11 is 5.75. The maximum atomic E-state index is 13.8. The van der Waals surface area contributed by atoms with Crippen LogP contribution < -0.4 is 16.4 Å². The van der Waals surface area contributed by atoms with E-state index in [9.17, 15) is 4.39 Å². The van der Waals surface area contributed by atoms with Gasteiger partial charge in [0.05, 0.1) is 5.02 Å². The molecular weight excluding hydrogens is 293 g/mol. The Kier molecular flexibility index (Phi) is 3.49. The van der Waals surface area contributed by atoms with E-state index in [-0.39, 0.29) is 16.9 Å². The molecule has 1 aliphatic heterocycles. The standard InChI is InChI=1S/C14H17ClFN5/c15-10-5-4-9(8-11(10)16)21-13(18)19-12(17)20-14(21)6-2-1-3-7-14/h4-5,8H,1-3,6-7H2,(H4,17,18,19,20). The van der Waals surface area contributed by atoms with Crippen LogP contribution in [-0.4, -0.2) is 17.6 Å². The van der Waals surface area contributed by atoms with Gasteiger partial charge in [0.25, 0.3) is 0 Å². The number of nitrogens with zero attached hydrogens (tertiary/aromatic N) is 3. The van der Waals surface area contributed by atoms with Crippen LogP contribution in [0.5, 0.6) is 0 Å². The molecule has 1 aromatic carbocycles. The fraction of sp³-hybridized carbons (Fsp3) is 0.429. The first-order valence-corrected chi connectivity index (χ1v) is 7.34. The molecule has 1 aliphatic carbocycles. The Labute approximate surface area is 127 Å². The smallest absolute Gasteiger partial charge is 0.220 e. The molecule has 3 rings (SSSR count). The monoisotopic (exact) mass is 309 g/mol. The van der Waals surface area contributed by atoms with Crippen LogP contribution in [0.1, 0.15) is 32.1 Å². The van der Waals surface area contributed by atoms with E-state index in [1.807, 2.05) is 0 Å². The highest BCUT2D eigenvalue weighted by molar-refractivity contribution is 6.30. The third kappa shape index (κ3) is 2.44. The summed E-state index contributed by atoms with van der Waals surface area (Å²) in [6.07, 6.45) is 4.83. The van der Waals surface area contributed by atoms with Crippen LogP contribution >= 0.6 is 11.6 Å². The number of halogens is 2. The highest BCUT2D eigenvalue weighted by Crippen LogP contribution is 2.39. The molecule has 1 heterocycles. The van der Waals surface area contributed by atoms with Gasteiger partial charge in [-0.25, -0.2) is 9.38 Å². The molecule has 0 bridgehead atoms. The van der Waals surface area contributed by atoms with E-state index in [1.165, 1.54) is 12.1 Å². The predicted molar refractivity (Wildman–Crippen MR) is 82.9 cm³/mol. The van der Waals surface area contributed by atoms with Crippen molar-refractivity contribution in [1.29, 1.82) is 0 Å². The molecule has 0 radical (unpaired) electrons. The van der Waals surface area contributed by atoms with Gasteiger partial charge < -0.3 is 11.5 Å². The van der Waals surface area contributed by atoms with E-state index in [1.54, 1.807) is 11.0 Å². The Balaban J connectivity index is 2.08. The number of anilines is 1. The molecular formula is C14H17ClFN5. The zero-order valence-corrected chi connectivity index (χ0v) is 12.3. The number of hydrogen-bond donors (Lipinski definition) is 2. The van der Waals surface area contributed by atoms with E-state index in [2.05, 4.69) is 9.98 Å². The average molecular weight is 310 g/mol. The van der Waals surface area contributed by atoms with Crippen molar-refractivity contribution in [3.05, 3.63) is 29.0 Å². The van der Waals surface area contributed by atoms with Crippen molar-refractivity contribution in [1.82, 2.24) is 0 Å². The van der Waals surface area contributed by atoms with Gasteiger partial charge in [-0.05, 0) is 43.9 Å². The molecule has 7 heteroatoms. The van der Waals surface area contributed by atoms with Gasteiger partial charge in [-0.2, -0.15) is 4.99 Å². The van der Waals surface area contributed by atoms with Gasteiger partial charge in [0.15, 0.2) is 0 Å². The van der Waals surface area contributed by atoms with Crippen LogP contribution in [0.15, 0.2) is 28.2 Å². The van der Waals surface area contributed by atoms with Gasteiger partial charge in [-0.3, -0.25) is 4.90 Å². The lowest BCUT2D eigenvalue weighted by Crippen LogP contribution is -2.58. The second-order valence-electron chi connectivity index (χ2n) is 5.42. The second-order valence-corrected chi connectivity index (χ2v) is 5.82. The summed E-state index contributed by atoms with van der Waals surface area (Å²) in [7, 11) is 0. The maximum Gasteiger partial charge on any atom is 0.220 e. The maximum absolute atomic E-state index is 13.8. The van der Waals surface area contributed by atoms with Crippen molar-refractivity contribution in [3.8, 4) is 0 Å². The number of nitrogens with two attached hydrogens (primary N) is 2. The van der Waals surface area contributed by atoms with Gasteiger partial charge in [-0.1, -0.05) is 18.0 Å². The third-order valence-corrected chi connectivity index (χ3v) is 4.32. The molecule has 5 nitrogen and oxygen atoms in total. The van der Waals surface area contributed by atoms with Crippen LogP contribution in [0.4, 0.5) is 10.1 Å². The quantitative estimate of drug-likeness (QED) is 0.836. The number of benzene rings is 1. The molecule has 0 unspecified atom stereocenters. The molecule has 21 heavy (non-hydrogen) atoms. The minimum atomic E-state index is -0.561. The van der Waals surface area contributed by atoms with Gasteiger partial charge in [0.2, 0.25) is 11.9 Å². The molecule has 1 fully saturated rings. The third-order valence-electron chi connectivity index (χ3n) is 4.01. The van der Waals surface area contributed by atoms with Crippen molar-refractivity contribution in [2.75, 3.05) is 4.90 Å². The van der Waals surface area contributed by atoms with Crippen molar-refractivity contribution >= 4 is 29.2 Å². The second kappa shape index (κ2) is 5.18.